The van der Waals surface area contributed by atoms with E-state index in [-0.39, 0.29) is 16.9 Å². The van der Waals surface area contributed by atoms with Crippen molar-refractivity contribution in [2.24, 2.45) is 0 Å². The average Bonchev–Trinajstić information content (AvgIpc) is 2.98. The summed E-state index contributed by atoms with van der Waals surface area (Å²) < 4.78 is 72.6. The zero-order valence-electron chi connectivity index (χ0n) is 13.2. The number of aromatic nitrogens is 5. The van der Waals surface area contributed by atoms with E-state index in [0.717, 1.165) is 22.9 Å². The van der Waals surface area contributed by atoms with Crippen molar-refractivity contribution in [2.45, 2.75) is 30.2 Å². The molecule has 1 fully saturated rings. The molecule has 0 aliphatic heterocycles. The molecule has 0 spiro atoms. The van der Waals surface area contributed by atoms with Crippen LogP contribution in [0.2, 0.25) is 0 Å². The largest absolute Gasteiger partial charge is 0.472 e. The van der Waals surface area contributed by atoms with Gasteiger partial charge in [-0.2, -0.15) is 8.78 Å². The van der Waals surface area contributed by atoms with Crippen LogP contribution in [0.5, 0.6) is 5.88 Å². The van der Waals surface area contributed by atoms with Gasteiger partial charge in [0.2, 0.25) is 5.82 Å². The van der Waals surface area contributed by atoms with E-state index in [1.807, 2.05) is 0 Å². The molecule has 0 amide bonds. The molecule has 0 atom stereocenters. The summed E-state index contributed by atoms with van der Waals surface area (Å²) >= 11 is 4.99. The highest BCUT2D eigenvalue weighted by Gasteiger charge is 2.47. The van der Waals surface area contributed by atoms with Crippen molar-refractivity contribution in [3.05, 3.63) is 36.3 Å². The van der Waals surface area contributed by atoms with Crippen LogP contribution in [0.1, 0.15) is 18.7 Å². The third kappa shape index (κ3) is 3.38. The standard InChI is InChI=1S/C15H9ClF5N5O/c16-15(20,21)13-25-24-11-5-22-10(6-26(11)13)7-1-9(17)12(23-4-7)27-8-2-14(18,19)3-8/h1,4-6,8H,2-3H2. The summed E-state index contributed by atoms with van der Waals surface area (Å²) in [5.74, 6) is -4.93. The lowest BCUT2D eigenvalue weighted by Crippen LogP contribution is -2.43. The molecule has 0 radical (unpaired) electrons. The minimum Gasteiger partial charge on any atom is -0.472 e. The Labute approximate surface area is 153 Å². The summed E-state index contributed by atoms with van der Waals surface area (Å²) in [6, 6.07) is 1.01. The third-order valence-electron chi connectivity index (χ3n) is 3.98. The molecule has 142 valence electrons. The molecule has 0 unspecified atom stereocenters. The monoisotopic (exact) mass is 405 g/mol. The van der Waals surface area contributed by atoms with Crippen molar-refractivity contribution in [1.29, 1.82) is 0 Å². The molecule has 0 bridgehead atoms. The Morgan fingerprint density at radius 3 is 2.56 bits per heavy atom. The molecular formula is C15H9ClF5N5O. The first-order chi connectivity index (χ1) is 12.6. The molecule has 0 N–H and O–H groups in total. The Balaban J connectivity index is 1.62. The van der Waals surface area contributed by atoms with E-state index in [4.69, 9.17) is 16.3 Å². The molecule has 3 heterocycles. The van der Waals surface area contributed by atoms with Crippen LogP contribution < -0.4 is 4.74 Å². The van der Waals surface area contributed by atoms with Crippen LogP contribution in [0.25, 0.3) is 16.9 Å². The van der Waals surface area contributed by atoms with E-state index in [0.29, 0.717) is 0 Å². The maximum Gasteiger partial charge on any atom is 0.382 e. The van der Waals surface area contributed by atoms with Crippen LogP contribution >= 0.6 is 11.6 Å². The van der Waals surface area contributed by atoms with E-state index < -0.39 is 47.8 Å². The molecule has 4 rings (SSSR count). The molecule has 3 aromatic rings. The first-order valence-corrected chi connectivity index (χ1v) is 7.98. The number of alkyl halides is 5. The van der Waals surface area contributed by atoms with E-state index in [1.54, 1.807) is 0 Å². The van der Waals surface area contributed by atoms with Gasteiger partial charge in [-0.1, -0.05) is 0 Å². The third-order valence-corrected chi connectivity index (χ3v) is 4.15. The Hall–Kier alpha value is -2.56. The van der Waals surface area contributed by atoms with Crippen molar-refractivity contribution < 1.29 is 26.7 Å². The lowest BCUT2D eigenvalue weighted by atomic mass is 9.91. The molecule has 6 nitrogen and oxygen atoms in total. The maximum atomic E-state index is 14.2. The number of halogens is 6. The fourth-order valence-electron chi connectivity index (χ4n) is 2.64. The van der Waals surface area contributed by atoms with Crippen molar-refractivity contribution in [3.8, 4) is 17.1 Å². The predicted octanol–water partition coefficient (Wildman–Crippen LogP) is 3.79. The summed E-state index contributed by atoms with van der Waals surface area (Å²) in [5.41, 5.74) is 0.268. The highest BCUT2D eigenvalue weighted by atomic mass is 35.5. The minimum absolute atomic E-state index is 0.0216. The highest BCUT2D eigenvalue weighted by Crippen LogP contribution is 2.40. The molecular weight excluding hydrogens is 397 g/mol. The Morgan fingerprint density at radius 2 is 1.93 bits per heavy atom. The van der Waals surface area contributed by atoms with Gasteiger partial charge >= 0.3 is 5.38 Å². The SMILES string of the molecule is Fc1cc(-c2cn3c(C(F)(F)Cl)nnc3cn2)cnc1OC1CC(F)(F)C1. The lowest BCUT2D eigenvalue weighted by molar-refractivity contribution is -0.136. The lowest BCUT2D eigenvalue weighted by Gasteiger charge is -2.34. The molecule has 27 heavy (non-hydrogen) atoms. The fourth-order valence-corrected chi connectivity index (χ4v) is 2.77. The van der Waals surface area contributed by atoms with Gasteiger partial charge in [-0.3, -0.25) is 9.38 Å². The number of nitrogens with zero attached hydrogens (tertiary/aromatic N) is 5. The first-order valence-electron chi connectivity index (χ1n) is 7.61. The van der Waals surface area contributed by atoms with E-state index in [2.05, 4.69) is 20.2 Å². The number of hydrogen-bond donors (Lipinski definition) is 0. The number of rotatable bonds is 4. The number of pyridine rings is 1. The summed E-state index contributed by atoms with van der Waals surface area (Å²) in [5, 5.41) is 3.08. The highest BCUT2D eigenvalue weighted by molar-refractivity contribution is 6.21. The van der Waals surface area contributed by atoms with Gasteiger partial charge in [0.15, 0.2) is 11.5 Å². The topological polar surface area (TPSA) is 65.2 Å². The zero-order chi connectivity index (χ0) is 19.4. The quantitative estimate of drug-likeness (QED) is 0.488. The Kier molecular flexibility index (Phi) is 3.95. The van der Waals surface area contributed by atoms with Crippen molar-refractivity contribution in [3.63, 3.8) is 0 Å². The molecule has 12 heteroatoms. The molecule has 0 aromatic carbocycles. The fraction of sp³-hybridized carbons (Fsp3) is 0.333. The summed E-state index contributed by atoms with van der Waals surface area (Å²) in [6.07, 6.45) is 1.69. The minimum atomic E-state index is -3.76. The van der Waals surface area contributed by atoms with Crippen molar-refractivity contribution in [1.82, 2.24) is 24.6 Å². The van der Waals surface area contributed by atoms with Gasteiger partial charge in [-0.25, -0.2) is 18.2 Å². The van der Waals surface area contributed by atoms with E-state index in [1.165, 1.54) is 6.20 Å². The van der Waals surface area contributed by atoms with Gasteiger partial charge < -0.3 is 4.74 Å². The van der Waals surface area contributed by atoms with Crippen LogP contribution in [0.4, 0.5) is 22.0 Å². The zero-order valence-corrected chi connectivity index (χ0v) is 14.0. The van der Waals surface area contributed by atoms with E-state index in [9.17, 15) is 22.0 Å². The van der Waals surface area contributed by atoms with Crippen LogP contribution in [-0.2, 0) is 5.38 Å². The van der Waals surface area contributed by atoms with Gasteiger partial charge in [-0.15, -0.1) is 10.2 Å². The van der Waals surface area contributed by atoms with Gasteiger partial charge in [0.05, 0.1) is 11.9 Å². The summed E-state index contributed by atoms with van der Waals surface area (Å²) in [7, 11) is 0. The number of fused-ring (bicyclic) bond motifs is 1. The molecule has 1 aliphatic rings. The van der Waals surface area contributed by atoms with Gasteiger partial charge in [0.25, 0.3) is 11.8 Å². The normalized spacial score (nSPS) is 17.1. The Bertz CT molecular complexity index is 1010. The molecule has 1 aliphatic carbocycles. The number of ether oxygens (including phenoxy) is 1. The maximum absolute atomic E-state index is 14.2. The van der Waals surface area contributed by atoms with Gasteiger partial charge in [0.1, 0.15) is 6.10 Å². The second-order valence-corrected chi connectivity index (χ2v) is 6.51. The summed E-state index contributed by atoms with van der Waals surface area (Å²) in [6.45, 7) is 0. The molecule has 1 saturated carbocycles. The summed E-state index contributed by atoms with van der Waals surface area (Å²) in [4.78, 5) is 7.76. The van der Waals surface area contributed by atoms with Gasteiger partial charge in [0, 0.05) is 30.8 Å². The average molecular weight is 406 g/mol. The first kappa shape index (κ1) is 17.8. The molecule has 0 saturated heterocycles. The van der Waals surface area contributed by atoms with Crippen LogP contribution in [0, 0.1) is 5.82 Å². The smallest absolute Gasteiger partial charge is 0.382 e. The second-order valence-electron chi connectivity index (χ2n) is 6.04. The van der Waals surface area contributed by atoms with Gasteiger partial charge in [-0.05, 0) is 17.7 Å². The predicted molar refractivity (Wildman–Crippen MR) is 82.3 cm³/mol. The van der Waals surface area contributed by atoms with Crippen LogP contribution in [0.3, 0.4) is 0 Å². The van der Waals surface area contributed by atoms with Crippen molar-refractivity contribution >= 4 is 17.2 Å². The van der Waals surface area contributed by atoms with Crippen LogP contribution in [-0.4, -0.2) is 36.6 Å². The van der Waals surface area contributed by atoms with Crippen molar-refractivity contribution in [2.75, 3.05) is 0 Å². The Morgan fingerprint density at radius 1 is 1.19 bits per heavy atom. The van der Waals surface area contributed by atoms with Crippen LogP contribution in [0.15, 0.2) is 24.7 Å². The second kappa shape index (κ2) is 5.98. The number of hydrogen-bond acceptors (Lipinski definition) is 5. The van der Waals surface area contributed by atoms with E-state index >= 15 is 0 Å². The molecule has 3 aromatic heterocycles.